The maximum atomic E-state index is 11.0. The van der Waals surface area contributed by atoms with E-state index in [2.05, 4.69) is 10.6 Å². The quantitative estimate of drug-likeness (QED) is 0.591. The van der Waals surface area contributed by atoms with E-state index < -0.39 is 18.2 Å². The molecule has 2 aromatic carbocycles. The molecule has 1 amide bonds. The van der Waals surface area contributed by atoms with Crippen LogP contribution in [0.25, 0.3) is 0 Å². The third-order valence-corrected chi connectivity index (χ3v) is 4.07. The fraction of sp³-hybridized carbons (Fsp3) is 0.278. The number of hydrogen-bond acceptors (Lipinski definition) is 3. The van der Waals surface area contributed by atoms with Gasteiger partial charge in [0.05, 0.1) is 12.1 Å². The molecular weight excluding hydrogens is 328 g/mol. The van der Waals surface area contributed by atoms with Gasteiger partial charge in [0.25, 0.3) is 0 Å². The second kappa shape index (κ2) is 9.27. The highest BCUT2D eigenvalue weighted by molar-refractivity contribution is 6.31. The molecule has 6 heteroatoms. The van der Waals surface area contributed by atoms with Crippen molar-refractivity contribution in [3.8, 4) is 0 Å². The molecule has 0 spiro atoms. The average molecular weight is 349 g/mol. The second-order valence-electron chi connectivity index (χ2n) is 5.54. The molecular formula is C18H21ClN2O3. The Kier molecular flexibility index (Phi) is 7.06. The fourth-order valence-electron chi connectivity index (χ4n) is 2.45. The van der Waals surface area contributed by atoms with E-state index in [1.54, 1.807) is 6.07 Å². The Labute approximate surface area is 146 Å². The smallest absolute Gasteiger partial charge is 0.404 e. The number of nitrogens with one attached hydrogen (secondary N) is 2. The van der Waals surface area contributed by atoms with E-state index in [9.17, 15) is 9.90 Å². The summed E-state index contributed by atoms with van der Waals surface area (Å²) in [5.74, 6) is 0. The minimum Gasteiger partial charge on any atom is -0.465 e. The highest BCUT2D eigenvalue weighted by Gasteiger charge is 2.21. The summed E-state index contributed by atoms with van der Waals surface area (Å²) in [6, 6.07) is 16.3. The molecule has 4 N–H and O–H groups in total. The van der Waals surface area contributed by atoms with Crippen molar-refractivity contribution in [3.63, 3.8) is 0 Å². The summed E-state index contributed by atoms with van der Waals surface area (Å²) in [6.45, 7) is 0.755. The van der Waals surface area contributed by atoms with Crippen molar-refractivity contribution in [1.29, 1.82) is 0 Å². The number of halogens is 1. The number of rotatable bonds is 8. The Morgan fingerprint density at radius 1 is 1.08 bits per heavy atom. The maximum absolute atomic E-state index is 11.0. The van der Waals surface area contributed by atoms with Crippen LogP contribution in [-0.4, -0.2) is 35.0 Å². The Bertz CT molecular complexity index is 652. The first-order chi connectivity index (χ1) is 11.6. The van der Waals surface area contributed by atoms with Crippen LogP contribution in [-0.2, 0) is 13.0 Å². The SMILES string of the molecule is O=C(O)NC(Cc1ccccc1)C(O)CNCc1ccccc1Cl. The van der Waals surface area contributed by atoms with Crippen molar-refractivity contribution < 1.29 is 15.0 Å². The molecule has 128 valence electrons. The van der Waals surface area contributed by atoms with Gasteiger partial charge in [-0.1, -0.05) is 60.1 Å². The summed E-state index contributed by atoms with van der Waals surface area (Å²) < 4.78 is 0. The van der Waals surface area contributed by atoms with E-state index in [1.165, 1.54) is 0 Å². The van der Waals surface area contributed by atoms with E-state index in [1.807, 2.05) is 48.5 Å². The summed E-state index contributed by atoms with van der Waals surface area (Å²) >= 11 is 6.09. The van der Waals surface area contributed by atoms with Crippen molar-refractivity contribution in [2.75, 3.05) is 6.54 Å². The van der Waals surface area contributed by atoms with E-state index in [0.29, 0.717) is 18.0 Å². The van der Waals surface area contributed by atoms with Crippen LogP contribution < -0.4 is 10.6 Å². The summed E-state index contributed by atoms with van der Waals surface area (Å²) in [6.07, 6.45) is -1.59. The van der Waals surface area contributed by atoms with E-state index in [0.717, 1.165) is 11.1 Å². The predicted molar refractivity (Wildman–Crippen MR) is 94.3 cm³/mol. The largest absolute Gasteiger partial charge is 0.465 e. The van der Waals surface area contributed by atoms with Gasteiger partial charge in [0.2, 0.25) is 0 Å². The van der Waals surface area contributed by atoms with Crippen LogP contribution in [0.2, 0.25) is 5.02 Å². The Balaban J connectivity index is 1.91. The normalized spacial score (nSPS) is 13.2. The predicted octanol–water partition coefficient (Wildman–Crippen LogP) is 2.67. The number of carboxylic acid groups (broad SMARTS) is 1. The second-order valence-corrected chi connectivity index (χ2v) is 5.94. The molecule has 5 nitrogen and oxygen atoms in total. The highest BCUT2D eigenvalue weighted by atomic mass is 35.5. The summed E-state index contributed by atoms with van der Waals surface area (Å²) in [4.78, 5) is 11.0. The van der Waals surface area contributed by atoms with Gasteiger partial charge in [0, 0.05) is 18.1 Å². The van der Waals surface area contributed by atoms with Gasteiger partial charge in [0.1, 0.15) is 0 Å². The topological polar surface area (TPSA) is 81.6 Å². The standard InChI is InChI=1S/C18H21ClN2O3/c19-15-9-5-4-8-14(15)11-20-12-17(22)16(21-18(23)24)10-13-6-2-1-3-7-13/h1-9,16-17,20-22H,10-12H2,(H,23,24). The van der Waals surface area contributed by atoms with Crippen molar-refractivity contribution >= 4 is 17.7 Å². The molecule has 0 aliphatic rings. The molecule has 2 aromatic rings. The van der Waals surface area contributed by atoms with Gasteiger partial charge < -0.3 is 20.8 Å². The van der Waals surface area contributed by atoms with E-state index in [-0.39, 0.29) is 6.54 Å². The molecule has 2 atom stereocenters. The number of benzene rings is 2. The maximum Gasteiger partial charge on any atom is 0.404 e. The summed E-state index contributed by atoms with van der Waals surface area (Å²) in [5, 5.41) is 25.5. The number of aliphatic hydroxyl groups excluding tert-OH is 1. The first-order valence-corrected chi connectivity index (χ1v) is 8.09. The Morgan fingerprint density at radius 2 is 1.75 bits per heavy atom. The van der Waals surface area contributed by atoms with Crippen LogP contribution >= 0.6 is 11.6 Å². The molecule has 0 heterocycles. The van der Waals surface area contributed by atoms with Gasteiger partial charge in [-0.3, -0.25) is 0 Å². The van der Waals surface area contributed by atoms with Crippen LogP contribution in [0.5, 0.6) is 0 Å². The minimum atomic E-state index is -1.15. The van der Waals surface area contributed by atoms with Gasteiger partial charge in [0.15, 0.2) is 0 Å². The zero-order valence-electron chi connectivity index (χ0n) is 13.2. The molecule has 0 radical (unpaired) electrons. The minimum absolute atomic E-state index is 0.253. The molecule has 0 saturated carbocycles. The zero-order valence-corrected chi connectivity index (χ0v) is 13.9. The highest BCUT2D eigenvalue weighted by Crippen LogP contribution is 2.14. The van der Waals surface area contributed by atoms with Gasteiger partial charge in [-0.15, -0.1) is 0 Å². The van der Waals surface area contributed by atoms with E-state index in [4.69, 9.17) is 16.7 Å². The van der Waals surface area contributed by atoms with Crippen LogP contribution in [0.4, 0.5) is 4.79 Å². The van der Waals surface area contributed by atoms with Crippen molar-refractivity contribution in [2.45, 2.75) is 25.1 Å². The molecule has 2 rings (SSSR count). The molecule has 0 aliphatic carbocycles. The first kappa shape index (κ1) is 18.3. The monoisotopic (exact) mass is 348 g/mol. The van der Waals surface area contributed by atoms with Crippen LogP contribution in [0.1, 0.15) is 11.1 Å². The molecule has 0 bridgehead atoms. The van der Waals surface area contributed by atoms with Gasteiger partial charge >= 0.3 is 6.09 Å². The third kappa shape index (κ3) is 5.85. The lowest BCUT2D eigenvalue weighted by Crippen LogP contribution is -2.48. The van der Waals surface area contributed by atoms with Gasteiger partial charge in [-0.2, -0.15) is 0 Å². The fourth-order valence-corrected chi connectivity index (χ4v) is 2.65. The molecule has 0 aliphatic heterocycles. The molecule has 0 aromatic heterocycles. The van der Waals surface area contributed by atoms with Crippen molar-refractivity contribution in [3.05, 3.63) is 70.7 Å². The summed E-state index contributed by atoms with van der Waals surface area (Å²) in [5.41, 5.74) is 1.89. The lowest BCUT2D eigenvalue weighted by Gasteiger charge is -2.23. The zero-order chi connectivity index (χ0) is 17.4. The molecule has 0 fully saturated rings. The molecule has 2 unspecified atom stereocenters. The van der Waals surface area contributed by atoms with Crippen molar-refractivity contribution in [2.24, 2.45) is 0 Å². The summed E-state index contributed by atoms with van der Waals surface area (Å²) in [7, 11) is 0. The Hall–Kier alpha value is -2.08. The number of amides is 1. The van der Waals surface area contributed by atoms with Crippen LogP contribution in [0.3, 0.4) is 0 Å². The van der Waals surface area contributed by atoms with Gasteiger partial charge in [-0.25, -0.2) is 4.79 Å². The number of carbonyl (C=O) groups is 1. The van der Waals surface area contributed by atoms with Crippen molar-refractivity contribution in [1.82, 2.24) is 10.6 Å². The molecule has 0 saturated heterocycles. The lowest BCUT2D eigenvalue weighted by molar-refractivity contribution is 0.117. The third-order valence-electron chi connectivity index (χ3n) is 3.70. The van der Waals surface area contributed by atoms with Gasteiger partial charge in [-0.05, 0) is 23.6 Å². The first-order valence-electron chi connectivity index (χ1n) is 7.72. The van der Waals surface area contributed by atoms with E-state index >= 15 is 0 Å². The number of aliphatic hydroxyl groups is 1. The average Bonchev–Trinajstić information content (AvgIpc) is 2.56. The molecule has 24 heavy (non-hydrogen) atoms. The van der Waals surface area contributed by atoms with Crippen LogP contribution in [0, 0.1) is 0 Å². The Morgan fingerprint density at radius 3 is 2.42 bits per heavy atom. The lowest BCUT2D eigenvalue weighted by atomic mass is 10.0. The van der Waals surface area contributed by atoms with Crippen LogP contribution in [0.15, 0.2) is 54.6 Å². The number of hydrogen-bond donors (Lipinski definition) is 4.